The van der Waals surface area contributed by atoms with Crippen molar-refractivity contribution >= 4 is 17.7 Å². The first-order chi connectivity index (χ1) is 7.65. The third kappa shape index (κ3) is 7.12. The summed E-state index contributed by atoms with van der Waals surface area (Å²) in [6.07, 6.45) is 1.13. The zero-order valence-corrected chi connectivity index (χ0v) is 11.9. The molecule has 3 nitrogen and oxygen atoms in total. The maximum Gasteiger partial charge on any atom is 0.236 e. The van der Waals surface area contributed by atoms with Gasteiger partial charge < -0.3 is 10.2 Å². The van der Waals surface area contributed by atoms with Crippen molar-refractivity contribution in [3.63, 3.8) is 0 Å². The van der Waals surface area contributed by atoms with Crippen molar-refractivity contribution in [2.24, 2.45) is 0 Å². The minimum atomic E-state index is 0.208. The van der Waals surface area contributed by atoms with Gasteiger partial charge in [-0.05, 0) is 38.7 Å². The molecule has 1 N–H and O–H groups in total. The lowest BCUT2D eigenvalue weighted by molar-refractivity contribution is -0.129. The molecule has 1 atom stereocenters. The normalized spacial score (nSPS) is 12.5. The van der Waals surface area contributed by atoms with E-state index in [0.29, 0.717) is 12.6 Å². The highest BCUT2D eigenvalue weighted by atomic mass is 32.2. The quantitative estimate of drug-likeness (QED) is 0.631. The van der Waals surface area contributed by atoms with E-state index in [4.69, 9.17) is 0 Å². The van der Waals surface area contributed by atoms with Crippen molar-refractivity contribution in [2.45, 2.75) is 40.2 Å². The lowest BCUT2D eigenvalue weighted by Gasteiger charge is -2.20. The van der Waals surface area contributed by atoms with Crippen LogP contribution in [0.15, 0.2) is 0 Å². The number of hydrogen-bond donors (Lipinski definition) is 1. The van der Waals surface area contributed by atoms with Gasteiger partial charge in [-0.3, -0.25) is 4.79 Å². The Morgan fingerprint density at radius 1 is 1.31 bits per heavy atom. The van der Waals surface area contributed by atoms with E-state index in [2.05, 4.69) is 19.2 Å². The number of amides is 1. The second kappa shape index (κ2) is 9.97. The number of rotatable bonds is 9. The summed E-state index contributed by atoms with van der Waals surface area (Å²) in [4.78, 5) is 13.6. The molecule has 0 spiro atoms. The minimum Gasteiger partial charge on any atom is -0.342 e. The van der Waals surface area contributed by atoms with Crippen LogP contribution in [0.25, 0.3) is 0 Å². The van der Waals surface area contributed by atoms with Gasteiger partial charge in [0.05, 0.1) is 6.54 Å². The largest absolute Gasteiger partial charge is 0.342 e. The highest BCUT2D eigenvalue weighted by molar-refractivity contribution is 7.99. The molecule has 0 heterocycles. The Hall–Kier alpha value is -0.220. The van der Waals surface area contributed by atoms with Crippen LogP contribution in [0.4, 0.5) is 0 Å². The summed E-state index contributed by atoms with van der Waals surface area (Å²) >= 11 is 1.95. The third-order valence-electron chi connectivity index (χ3n) is 2.62. The van der Waals surface area contributed by atoms with Gasteiger partial charge in [0, 0.05) is 19.1 Å². The molecule has 0 aliphatic heterocycles. The van der Waals surface area contributed by atoms with Gasteiger partial charge in [0.25, 0.3) is 0 Å². The van der Waals surface area contributed by atoms with Crippen LogP contribution in [-0.4, -0.2) is 48.0 Å². The molecular weight excluding hydrogens is 220 g/mol. The highest BCUT2D eigenvalue weighted by Gasteiger charge is 2.10. The molecule has 0 aromatic heterocycles. The molecule has 0 aromatic rings. The Morgan fingerprint density at radius 3 is 2.44 bits per heavy atom. The topological polar surface area (TPSA) is 32.3 Å². The van der Waals surface area contributed by atoms with Crippen LogP contribution in [0, 0.1) is 0 Å². The fourth-order valence-electron chi connectivity index (χ4n) is 1.46. The van der Waals surface area contributed by atoms with E-state index in [1.165, 1.54) is 11.5 Å². The fourth-order valence-corrected chi connectivity index (χ4v) is 2.27. The average Bonchev–Trinajstić information content (AvgIpc) is 2.28. The SMILES string of the molecule is CCSCCC(C)NCC(=O)N(CC)CC. The Balaban J connectivity index is 3.65. The zero-order valence-electron chi connectivity index (χ0n) is 11.1. The molecule has 16 heavy (non-hydrogen) atoms. The lowest BCUT2D eigenvalue weighted by Crippen LogP contribution is -2.40. The maximum absolute atomic E-state index is 11.7. The van der Waals surface area contributed by atoms with Crippen molar-refractivity contribution < 1.29 is 4.79 Å². The van der Waals surface area contributed by atoms with E-state index in [1.54, 1.807) is 0 Å². The van der Waals surface area contributed by atoms with E-state index in [9.17, 15) is 4.79 Å². The molecule has 0 aromatic carbocycles. The number of likely N-dealkylation sites (N-methyl/N-ethyl adjacent to an activating group) is 1. The second-order valence-corrected chi connectivity index (χ2v) is 5.23. The molecule has 1 unspecified atom stereocenters. The minimum absolute atomic E-state index is 0.208. The first-order valence-corrected chi connectivity index (χ1v) is 7.39. The van der Waals surface area contributed by atoms with Crippen molar-refractivity contribution in [1.29, 1.82) is 0 Å². The van der Waals surface area contributed by atoms with E-state index < -0.39 is 0 Å². The van der Waals surface area contributed by atoms with Gasteiger partial charge in [0.15, 0.2) is 0 Å². The summed E-state index contributed by atoms with van der Waals surface area (Å²) in [6, 6.07) is 0.429. The molecule has 0 aliphatic carbocycles. The monoisotopic (exact) mass is 246 g/mol. The number of nitrogens with zero attached hydrogens (tertiary/aromatic N) is 1. The third-order valence-corrected chi connectivity index (χ3v) is 3.55. The Morgan fingerprint density at radius 2 is 1.94 bits per heavy atom. The summed E-state index contributed by atoms with van der Waals surface area (Å²) in [5.41, 5.74) is 0. The van der Waals surface area contributed by atoms with Crippen molar-refractivity contribution in [2.75, 3.05) is 31.1 Å². The molecule has 0 aliphatic rings. The Labute approximate surface area is 104 Å². The number of hydrogen-bond acceptors (Lipinski definition) is 3. The van der Waals surface area contributed by atoms with Crippen LogP contribution in [0.3, 0.4) is 0 Å². The molecule has 96 valence electrons. The van der Waals surface area contributed by atoms with Gasteiger partial charge >= 0.3 is 0 Å². The van der Waals surface area contributed by atoms with Crippen molar-refractivity contribution in [1.82, 2.24) is 10.2 Å². The molecule has 0 bridgehead atoms. The first kappa shape index (κ1) is 15.8. The predicted molar refractivity (Wildman–Crippen MR) is 73.0 cm³/mol. The van der Waals surface area contributed by atoms with Crippen molar-refractivity contribution in [3.8, 4) is 0 Å². The zero-order chi connectivity index (χ0) is 12.4. The Kier molecular flexibility index (Phi) is 9.83. The molecule has 0 fully saturated rings. The van der Waals surface area contributed by atoms with E-state index in [0.717, 1.165) is 19.5 Å². The maximum atomic E-state index is 11.7. The van der Waals surface area contributed by atoms with Gasteiger partial charge in [0.1, 0.15) is 0 Å². The van der Waals surface area contributed by atoms with Crippen LogP contribution in [0.1, 0.15) is 34.1 Å². The number of carbonyl (C=O) groups is 1. The van der Waals surface area contributed by atoms with Crippen LogP contribution in [0.2, 0.25) is 0 Å². The lowest BCUT2D eigenvalue weighted by atomic mass is 10.2. The van der Waals surface area contributed by atoms with Gasteiger partial charge in [0.2, 0.25) is 5.91 Å². The standard InChI is InChI=1S/C12H26N2OS/c1-5-14(6-2)12(15)10-13-11(4)8-9-16-7-3/h11,13H,5-10H2,1-4H3. The van der Waals surface area contributed by atoms with Crippen LogP contribution >= 0.6 is 11.8 Å². The smallest absolute Gasteiger partial charge is 0.236 e. The van der Waals surface area contributed by atoms with Gasteiger partial charge in [-0.15, -0.1) is 0 Å². The molecule has 0 saturated heterocycles. The molecule has 0 rings (SSSR count). The summed E-state index contributed by atoms with van der Waals surface area (Å²) in [6.45, 7) is 10.4. The van der Waals surface area contributed by atoms with Crippen LogP contribution in [0.5, 0.6) is 0 Å². The van der Waals surface area contributed by atoms with Gasteiger partial charge in [-0.25, -0.2) is 0 Å². The van der Waals surface area contributed by atoms with Crippen molar-refractivity contribution in [3.05, 3.63) is 0 Å². The van der Waals surface area contributed by atoms with E-state index >= 15 is 0 Å². The van der Waals surface area contributed by atoms with E-state index in [1.807, 2.05) is 30.5 Å². The molecular formula is C12H26N2OS. The summed E-state index contributed by atoms with van der Waals surface area (Å²) in [7, 11) is 0. The number of nitrogens with one attached hydrogen (secondary N) is 1. The summed E-state index contributed by atoms with van der Waals surface area (Å²) < 4.78 is 0. The first-order valence-electron chi connectivity index (χ1n) is 6.24. The van der Waals surface area contributed by atoms with Crippen LogP contribution < -0.4 is 5.32 Å². The molecule has 0 saturated carbocycles. The van der Waals surface area contributed by atoms with E-state index in [-0.39, 0.29) is 5.91 Å². The van der Waals surface area contributed by atoms with Crippen LogP contribution in [-0.2, 0) is 4.79 Å². The number of thioether (sulfide) groups is 1. The highest BCUT2D eigenvalue weighted by Crippen LogP contribution is 2.03. The van der Waals surface area contributed by atoms with Gasteiger partial charge in [-0.2, -0.15) is 11.8 Å². The Bertz CT molecular complexity index is 184. The summed E-state index contributed by atoms with van der Waals surface area (Å²) in [5.74, 6) is 2.55. The molecule has 4 heteroatoms. The molecule has 0 radical (unpaired) electrons. The van der Waals surface area contributed by atoms with Gasteiger partial charge in [-0.1, -0.05) is 6.92 Å². The molecule has 1 amide bonds. The fraction of sp³-hybridized carbons (Fsp3) is 0.917. The second-order valence-electron chi connectivity index (χ2n) is 3.83. The predicted octanol–water partition coefficient (Wildman–Crippen LogP) is 1.98. The summed E-state index contributed by atoms with van der Waals surface area (Å²) in [5, 5.41) is 3.29. The average molecular weight is 246 g/mol. The number of carbonyl (C=O) groups excluding carboxylic acids is 1.